The second-order valence-electron chi connectivity index (χ2n) is 6.48. The Hall–Kier alpha value is -1.80. The molecule has 1 aliphatic heterocycles. The quantitative estimate of drug-likeness (QED) is 0.856. The Kier molecular flexibility index (Phi) is 4.57. The van der Waals surface area contributed by atoms with Crippen molar-refractivity contribution >= 4 is 22.5 Å². The van der Waals surface area contributed by atoms with Gasteiger partial charge in [-0.3, -0.25) is 0 Å². The van der Waals surface area contributed by atoms with E-state index in [0.29, 0.717) is 12.5 Å². The fourth-order valence-corrected chi connectivity index (χ4v) is 3.84. The van der Waals surface area contributed by atoms with E-state index in [-0.39, 0.29) is 0 Å². The monoisotopic (exact) mass is 346 g/mol. The molecule has 0 aromatic carbocycles. The van der Waals surface area contributed by atoms with E-state index in [9.17, 15) is 0 Å². The maximum absolute atomic E-state index is 5.04. The lowest BCUT2D eigenvalue weighted by molar-refractivity contribution is 0.179. The number of nitrogens with zero attached hydrogens (tertiary/aromatic N) is 5. The fraction of sp³-hybridized carbons (Fsp3) is 0.625. The summed E-state index contributed by atoms with van der Waals surface area (Å²) in [6.45, 7) is 3.41. The average Bonchev–Trinajstić information content (AvgIpc) is 3.01. The molecule has 2 aromatic heterocycles. The first-order valence-corrected chi connectivity index (χ1v) is 9.25. The van der Waals surface area contributed by atoms with Crippen molar-refractivity contribution in [2.45, 2.75) is 32.3 Å². The lowest BCUT2D eigenvalue weighted by atomic mass is 9.95. The third-order valence-corrected chi connectivity index (χ3v) is 5.33. The van der Waals surface area contributed by atoms with Crippen molar-refractivity contribution in [3.05, 3.63) is 23.1 Å². The van der Waals surface area contributed by atoms with Crippen LogP contribution in [0, 0.1) is 5.92 Å². The van der Waals surface area contributed by atoms with Crippen molar-refractivity contribution in [2.24, 2.45) is 5.92 Å². The number of ether oxygens (including phenoxy) is 1. The second-order valence-corrected chi connectivity index (χ2v) is 7.23. The summed E-state index contributed by atoms with van der Waals surface area (Å²) in [6, 6.07) is 2.24. The van der Waals surface area contributed by atoms with Gasteiger partial charge in [-0.05, 0) is 37.3 Å². The van der Waals surface area contributed by atoms with Crippen LogP contribution in [-0.2, 0) is 24.2 Å². The number of aromatic nitrogens is 4. The highest BCUT2D eigenvalue weighted by atomic mass is 32.1. The van der Waals surface area contributed by atoms with Crippen LogP contribution in [0.4, 0.5) is 10.9 Å². The highest BCUT2D eigenvalue weighted by molar-refractivity contribution is 7.09. The van der Waals surface area contributed by atoms with Crippen molar-refractivity contribution in [2.75, 3.05) is 37.0 Å². The van der Waals surface area contributed by atoms with Gasteiger partial charge in [0.05, 0.1) is 5.69 Å². The highest BCUT2D eigenvalue weighted by Crippen LogP contribution is 2.27. The van der Waals surface area contributed by atoms with Gasteiger partial charge in [-0.2, -0.15) is 9.47 Å². The molecule has 0 saturated carbocycles. The predicted octanol–water partition coefficient (Wildman–Crippen LogP) is 1.90. The predicted molar refractivity (Wildman–Crippen MR) is 93.5 cm³/mol. The van der Waals surface area contributed by atoms with Crippen molar-refractivity contribution in [3.63, 3.8) is 0 Å². The molecular formula is C16H22N6OS. The number of aryl methyl sites for hydroxylation is 2. The molecule has 0 spiro atoms. The van der Waals surface area contributed by atoms with Crippen LogP contribution in [0.1, 0.15) is 29.9 Å². The molecule has 0 bridgehead atoms. The van der Waals surface area contributed by atoms with Crippen LogP contribution in [0.2, 0.25) is 0 Å². The number of hydrogen-bond donors (Lipinski definition) is 1. The van der Waals surface area contributed by atoms with Crippen molar-refractivity contribution in [1.29, 1.82) is 0 Å². The number of rotatable bonds is 6. The van der Waals surface area contributed by atoms with Crippen LogP contribution in [0.25, 0.3) is 0 Å². The third-order valence-electron chi connectivity index (χ3n) is 4.62. The van der Waals surface area contributed by atoms with Crippen LogP contribution >= 0.6 is 11.5 Å². The molecule has 1 N–H and O–H groups in total. The van der Waals surface area contributed by atoms with E-state index in [4.69, 9.17) is 4.74 Å². The fourth-order valence-electron chi connectivity index (χ4n) is 3.26. The molecule has 24 heavy (non-hydrogen) atoms. The number of hydrogen-bond acceptors (Lipinski definition) is 8. The van der Waals surface area contributed by atoms with Crippen molar-refractivity contribution < 1.29 is 4.74 Å². The van der Waals surface area contributed by atoms with Crippen molar-refractivity contribution in [1.82, 2.24) is 19.6 Å². The summed E-state index contributed by atoms with van der Waals surface area (Å²) in [5.41, 5.74) is 2.60. The van der Waals surface area contributed by atoms with E-state index in [1.807, 2.05) is 0 Å². The van der Waals surface area contributed by atoms with Crippen LogP contribution < -0.4 is 10.2 Å². The molecule has 1 fully saturated rings. The van der Waals surface area contributed by atoms with Gasteiger partial charge in [0.2, 0.25) is 5.13 Å². The molecule has 1 aliphatic carbocycles. The molecule has 4 rings (SSSR count). The smallest absolute Gasteiger partial charge is 0.202 e. The molecular weight excluding hydrogens is 324 g/mol. The van der Waals surface area contributed by atoms with E-state index in [1.54, 1.807) is 7.11 Å². The van der Waals surface area contributed by atoms with E-state index in [0.717, 1.165) is 49.2 Å². The summed E-state index contributed by atoms with van der Waals surface area (Å²) >= 11 is 1.39. The molecule has 2 aliphatic rings. The molecule has 0 radical (unpaired) electrons. The zero-order valence-corrected chi connectivity index (χ0v) is 14.7. The van der Waals surface area contributed by atoms with Gasteiger partial charge in [-0.25, -0.2) is 4.98 Å². The molecule has 0 unspecified atom stereocenters. The minimum Gasteiger partial charge on any atom is -0.377 e. The van der Waals surface area contributed by atoms with Gasteiger partial charge in [0.25, 0.3) is 0 Å². The zero-order valence-electron chi connectivity index (χ0n) is 13.9. The molecule has 128 valence electrons. The molecule has 0 amide bonds. The van der Waals surface area contributed by atoms with Crippen LogP contribution in [0.3, 0.4) is 0 Å². The van der Waals surface area contributed by atoms with Gasteiger partial charge in [0, 0.05) is 44.2 Å². The summed E-state index contributed by atoms with van der Waals surface area (Å²) in [6.07, 6.45) is 4.76. The SMILES string of the molecule is COCc1nsc(NCC2CN(c3cc4c(nn3)CCCC4)C2)n1. The van der Waals surface area contributed by atoms with E-state index >= 15 is 0 Å². The van der Waals surface area contributed by atoms with Gasteiger partial charge in [-0.15, -0.1) is 5.10 Å². The van der Waals surface area contributed by atoms with Crippen LogP contribution in [0.5, 0.6) is 0 Å². The van der Waals surface area contributed by atoms with E-state index in [1.165, 1.54) is 35.6 Å². The van der Waals surface area contributed by atoms with Gasteiger partial charge >= 0.3 is 0 Å². The molecule has 1 saturated heterocycles. The van der Waals surface area contributed by atoms with Gasteiger partial charge in [-0.1, -0.05) is 0 Å². The summed E-state index contributed by atoms with van der Waals surface area (Å²) in [4.78, 5) is 6.70. The lowest BCUT2D eigenvalue weighted by Crippen LogP contribution is -2.50. The summed E-state index contributed by atoms with van der Waals surface area (Å²) in [5.74, 6) is 2.38. The molecule has 2 aromatic rings. The summed E-state index contributed by atoms with van der Waals surface area (Å²) < 4.78 is 9.28. The summed E-state index contributed by atoms with van der Waals surface area (Å²) in [5, 5.41) is 13.1. The first-order chi connectivity index (χ1) is 11.8. The minimum absolute atomic E-state index is 0.465. The van der Waals surface area contributed by atoms with E-state index in [2.05, 4.69) is 35.8 Å². The number of methoxy groups -OCH3 is 1. The first kappa shape index (κ1) is 15.7. The van der Waals surface area contributed by atoms with Gasteiger partial charge < -0.3 is 15.0 Å². The Morgan fingerprint density at radius 3 is 3.04 bits per heavy atom. The second kappa shape index (κ2) is 6.98. The number of nitrogens with one attached hydrogen (secondary N) is 1. The number of anilines is 2. The van der Waals surface area contributed by atoms with E-state index < -0.39 is 0 Å². The Labute approximate surface area is 145 Å². The summed E-state index contributed by atoms with van der Waals surface area (Å²) in [7, 11) is 1.65. The average molecular weight is 346 g/mol. The Bertz CT molecular complexity index is 700. The normalized spacial score (nSPS) is 17.5. The zero-order chi connectivity index (χ0) is 16.4. The third kappa shape index (κ3) is 3.34. The largest absolute Gasteiger partial charge is 0.377 e. The maximum atomic E-state index is 5.04. The first-order valence-electron chi connectivity index (χ1n) is 8.47. The number of fused-ring (bicyclic) bond motifs is 1. The topological polar surface area (TPSA) is 76.1 Å². The van der Waals surface area contributed by atoms with Crippen LogP contribution in [0.15, 0.2) is 6.07 Å². The molecule has 8 heteroatoms. The Morgan fingerprint density at radius 2 is 2.17 bits per heavy atom. The Balaban J connectivity index is 1.27. The molecule has 7 nitrogen and oxygen atoms in total. The highest BCUT2D eigenvalue weighted by Gasteiger charge is 2.28. The standard InChI is InChI=1S/C16H22N6OS/c1-23-10-14-18-16(24-21-14)17-7-11-8-22(9-11)15-6-12-4-2-3-5-13(12)19-20-15/h6,11H,2-5,7-10H2,1H3,(H,17,18,21). The van der Waals surface area contributed by atoms with Gasteiger partial charge in [0.15, 0.2) is 11.6 Å². The van der Waals surface area contributed by atoms with Crippen molar-refractivity contribution in [3.8, 4) is 0 Å². The van der Waals surface area contributed by atoms with Crippen LogP contribution in [-0.4, -0.2) is 46.3 Å². The lowest BCUT2D eigenvalue weighted by Gasteiger charge is -2.40. The van der Waals surface area contributed by atoms with Gasteiger partial charge in [0.1, 0.15) is 6.61 Å². The molecule has 0 atom stereocenters. The molecule has 3 heterocycles. The Morgan fingerprint density at radius 1 is 1.29 bits per heavy atom. The minimum atomic E-state index is 0.465. The maximum Gasteiger partial charge on any atom is 0.202 e.